The van der Waals surface area contributed by atoms with Gasteiger partial charge >= 0.3 is 0 Å². The first-order valence-electron chi connectivity index (χ1n) is 15.1. The molecule has 0 spiro atoms. The Hall–Kier alpha value is -4.37. The minimum atomic E-state index is -0.727. The Kier molecular flexibility index (Phi) is 9.25. The second-order valence-electron chi connectivity index (χ2n) is 10.6. The molecule has 0 bridgehead atoms. The average Bonchev–Trinajstić information content (AvgIpc) is 3.35. The molecule has 2 heterocycles. The quantitative estimate of drug-likeness (QED) is 0.249. The Morgan fingerprint density at radius 3 is 2.32 bits per heavy atom. The van der Waals surface area contributed by atoms with Crippen LogP contribution in [0, 0.1) is 0 Å². The SMILES string of the molecule is CCN(CC)C(=O)C1=C(C)N=c2s/c(=C/c3ccc(N(CC)CC)cc3OC)c(=O)n2[C@H]1c1c(OC)ccc2ccccc12. The van der Waals surface area contributed by atoms with Crippen molar-refractivity contribution in [2.24, 2.45) is 4.99 Å². The molecule has 5 rings (SSSR count). The minimum absolute atomic E-state index is 0.140. The highest BCUT2D eigenvalue weighted by atomic mass is 32.1. The molecular weight excluding hydrogens is 572 g/mol. The fraction of sp³-hybridized carbons (Fsp3) is 0.343. The number of hydrogen-bond donors (Lipinski definition) is 0. The Labute approximate surface area is 262 Å². The van der Waals surface area contributed by atoms with Crippen molar-refractivity contribution in [2.45, 2.75) is 40.7 Å². The van der Waals surface area contributed by atoms with Crippen molar-refractivity contribution in [2.75, 3.05) is 45.3 Å². The van der Waals surface area contributed by atoms with Gasteiger partial charge in [0.05, 0.1) is 30.0 Å². The summed E-state index contributed by atoms with van der Waals surface area (Å²) >= 11 is 1.31. The Balaban J connectivity index is 1.79. The van der Waals surface area contributed by atoms with Crippen LogP contribution in [-0.2, 0) is 4.79 Å². The minimum Gasteiger partial charge on any atom is -0.496 e. The number of ether oxygens (including phenoxy) is 2. The monoisotopic (exact) mass is 612 g/mol. The molecule has 1 aliphatic rings. The van der Waals surface area contributed by atoms with E-state index >= 15 is 0 Å². The van der Waals surface area contributed by atoms with Gasteiger partial charge in [0, 0.05) is 49.1 Å². The fourth-order valence-electron chi connectivity index (χ4n) is 6.03. The summed E-state index contributed by atoms with van der Waals surface area (Å²) in [6, 6.07) is 17.2. The van der Waals surface area contributed by atoms with Crippen LogP contribution in [0.4, 0.5) is 5.69 Å². The number of carbonyl (C=O) groups excluding carboxylic acids is 1. The zero-order valence-electron chi connectivity index (χ0n) is 26.5. The molecule has 1 amide bonds. The lowest BCUT2D eigenvalue weighted by atomic mass is 9.90. The van der Waals surface area contributed by atoms with Crippen molar-refractivity contribution in [3.05, 3.63) is 96.7 Å². The van der Waals surface area contributed by atoms with E-state index in [1.165, 1.54) is 11.3 Å². The number of fused-ring (bicyclic) bond motifs is 2. The molecule has 44 heavy (non-hydrogen) atoms. The lowest BCUT2D eigenvalue weighted by Crippen LogP contribution is -2.43. The van der Waals surface area contributed by atoms with E-state index in [4.69, 9.17) is 14.5 Å². The van der Waals surface area contributed by atoms with Crippen molar-refractivity contribution in [1.29, 1.82) is 0 Å². The van der Waals surface area contributed by atoms with Crippen LogP contribution in [0.1, 0.15) is 51.8 Å². The van der Waals surface area contributed by atoms with Gasteiger partial charge in [0.15, 0.2) is 4.80 Å². The third kappa shape index (κ3) is 5.41. The predicted octanol–water partition coefficient (Wildman–Crippen LogP) is 5.12. The summed E-state index contributed by atoms with van der Waals surface area (Å²) in [5.74, 6) is 1.15. The van der Waals surface area contributed by atoms with Crippen LogP contribution in [0.2, 0.25) is 0 Å². The summed E-state index contributed by atoms with van der Waals surface area (Å²) in [6.07, 6.45) is 1.86. The summed E-state index contributed by atoms with van der Waals surface area (Å²) in [5, 5.41) is 1.91. The van der Waals surface area contributed by atoms with Crippen molar-refractivity contribution in [3.8, 4) is 11.5 Å². The number of nitrogens with zero attached hydrogens (tertiary/aromatic N) is 4. The van der Waals surface area contributed by atoms with Crippen LogP contribution in [0.3, 0.4) is 0 Å². The molecule has 0 saturated carbocycles. The third-order valence-corrected chi connectivity index (χ3v) is 9.34. The Morgan fingerprint density at radius 1 is 0.955 bits per heavy atom. The molecule has 230 valence electrons. The molecule has 0 aliphatic carbocycles. The first-order chi connectivity index (χ1) is 21.3. The lowest BCUT2D eigenvalue weighted by molar-refractivity contribution is -0.127. The molecular formula is C35H40N4O4S. The smallest absolute Gasteiger partial charge is 0.271 e. The molecule has 0 unspecified atom stereocenters. The maximum absolute atomic E-state index is 14.4. The molecule has 0 saturated heterocycles. The Morgan fingerprint density at radius 2 is 1.66 bits per heavy atom. The maximum Gasteiger partial charge on any atom is 0.271 e. The van der Waals surface area contributed by atoms with Gasteiger partial charge in [0.1, 0.15) is 17.5 Å². The van der Waals surface area contributed by atoms with Gasteiger partial charge in [-0.1, -0.05) is 41.7 Å². The van der Waals surface area contributed by atoms with Gasteiger partial charge in [-0.2, -0.15) is 0 Å². The van der Waals surface area contributed by atoms with E-state index in [-0.39, 0.29) is 11.5 Å². The van der Waals surface area contributed by atoms with Crippen LogP contribution in [0.25, 0.3) is 16.8 Å². The normalized spacial score (nSPS) is 14.8. The molecule has 1 aliphatic heterocycles. The number of carbonyl (C=O) groups is 1. The molecule has 0 N–H and O–H groups in total. The van der Waals surface area contributed by atoms with Gasteiger partial charge in [-0.25, -0.2) is 4.99 Å². The number of likely N-dealkylation sites (N-methyl/N-ethyl adjacent to an activating group) is 1. The van der Waals surface area contributed by atoms with E-state index in [9.17, 15) is 9.59 Å². The number of thiazole rings is 1. The van der Waals surface area contributed by atoms with E-state index in [1.807, 2.05) is 81.4 Å². The highest BCUT2D eigenvalue weighted by Crippen LogP contribution is 2.40. The van der Waals surface area contributed by atoms with Crippen LogP contribution in [0.15, 0.2) is 75.7 Å². The number of benzene rings is 3. The summed E-state index contributed by atoms with van der Waals surface area (Å²) in [4.78, 5) is 38.0. The lowest BCUT2D eigenvalue weighted by Gasteiger charge is -2.30. The van der Waals surface area contributed by atoms with Crippen LogP contribution < -0.4 is 29.3 Å². The van der Waals surface area contributed by atoms with Crippen molar-refractivity contribution in [1.82, 2.24) is 9.47 Å². The Bertz CT molecular complexity index is 1920. The standard InChI is InChI=1S/C35H40N4O4S/c1-8-37(9-2)25-18-16-24(28(21-25)43-7)20-29-33(40)39-32(31-26-15-13-12-14-23(26)17-19-27(31)42-6)30(22(5)36-35(39)44-29)34(41)38(10-3)11-4/h12-21,32H,8-11H2,1-7H3/b29-20+/t32-/m1/s1. The van der Waals surface area contributed by atoms with Gasteiger partial charge in [0.2, 0.25) is 0 Å². The first kappa shape index (κ1) is 31.1. The van der Waals surface area contributed by atoms with Crippen molar-refractivity contribution < 1.29 is 14.3 Å². The number of aromatic nitrogens is 1. The van der Waals surface area contributed by atoms with E-state index in [0.29, 0.717) is 45.2 Å². The van der Waals surface area contributed by atoms with Crippen LogP contribution in [-0.4, -0.2) is 55.8 Å². The van der Waals surface area contributed by atoms with Gasteiger partial charge in [-0.15, -0.1) is 0 Å². The number of rotatable bonds is 10. The predicted molar refractivity (Wildman–Crippen MR) is 179 cm³/mol. The van der Waals surface area contributed by atoms with E-state index in [2.05, 4.69) is 18.7 Å². The van der Waals surface area contributed by atoms with Gasteiger partial charge in [-0.05, 0) is 69.7 Å². The van der Waals surface area contributed by atoms with Crippen LogP contribution >= 0.6 is 11.3 Å². The second-order valence-corrected chi connectivity index (χ2v) is 11.6. The van der Waals surface area contributed by atoms with Crippen molar-refractivity contribution in [3.63, 3.8) is 0 Å². The van der Waals surface area contributed by atoms with Gasteiger partial charge in [0.25, 0.3) is 11.5 Å². The first-order valence-corrected chi connectivity index (χ1v) is 15.9. The number of methoxy groups -OCH3 is 2. The molecule has 0 radical (unpaired) electrons. The molecule has 4 aromatic rings. The molecule has 0 fully saturated rings. The van der Waals surface area contributed by atoms with E-state index in [0.717, 1.165) is 40.7 Å². The molecule has 3 aromatic carbocycles. The topological polar surface area (TPSA) is 76.4 Å². The number of anilines is 1. The summed E-state index contributed by atoms with van der Waals surface area (Å²) < 4.78 is 13.8. The molecule has 1 aromatic heterocycles. The van der Waals surface area contributed by atoms with Gasteiger partial charge < -0.3 is 19.3 Å². The zero-order valence-corrected chi connectivity index (χ0v) is 27.3. The van der Waals surface area contributed by atoms with E-state index < -0.39 is 6.04 Å². The highest BCUT2D eigenvalue weighted by Gasteiger charge is 2.36. The fourth-order valence-corrected chi connectivity index (χ4v) is 7.07. The molecule has 8 nitrogen and oxygen atoms in total. The number of amides is 1. The second kappa shape index (κ2) is 13.1. The highest BCUT2D eigenvalue weighted by molar-refractivity contribution is 7.07. The maximum atomic E-state index is 14.4. The average molecular weight is 613 g/mol. The van der Waals surface area contributed by atoms with Gasteiger partial charge in [-0.3, -0.25) is 14.2 Å². The summed E-state index contributed by atoms with van der Waals surface area (Å²) in [7, 11) is 3.26. The number of allylic oxidation sites excluding steroid dienone is 1. The summed E-state index contributed by atoms with van der Waals surface area (Å²) in [5.41, 5.74) is 3.47. The molecule has 9 heteroatoms. The van der Waals surface area contributed by atoms with Crippen molar-refractivity contribution >= 4 is 39.8 Å². The largest absolute Gasteiger partial charge is 0.496 e. The van der Waals surface area contributed by atoms with Crippen LogP contribution in [0.5, 0.6) is 11.5 Å². The third-order valence-electron chi connectivity index (χ3n) is 8.36. The molecule has 1 atom stereocenters. The zero-order chi connectivity index (χ0) is 31.5. The summed E-state index contributed by atoms with van der Waals surface area (Å²) in [6.45, 7) is 12.8. The number of hydrogen-bond acceptors (Lipinski definition) is 7. The van der Waals surface area contributed by atoms with E-state index in [1.54, 1.807) is 23.7 Å².